The molecule has 1 N–H and O–H groups in total. The van der Waals surface area contributed by atoms with Gasteiger partial charge in [-0.3, -0.25) is 0 Å². The third kappa shape index (κ3) is 3.46. The van der Waals surface area contributed by atoms with Gasteiger partial charge in [-0.05, 0) is 23.6 Å². The molecule has 1 aromatic carbocycles. The van der Waals surface area contributed by atoms with Crippen LogP contribution >= 0.6 is 0 Å². The largest absolute Gasteiger partial charge is 0.496 e. The first-order valence-corrected chi connectivity index (χ1v) is 5.56. The second kappa shape index (κ2) is 6.25. The molecule has 0 aliphatic heterocycles. The minimum atomic E-state index is -0.480. The number of benzene rings is 1. The lowest BCUT2D eigenvalue weighted by atomic mass is 10.0. The SMILES string of the molecule is COc1cc(C(C)C)ccc1C(=O)OCCO. The van der Waals surface area contributed by atoms with Crippen molar-refractivity contribution in [1.29, 1.82) is 0 Å². The Morgan fingerprint density at radius 1 is 1.41 bits per heavy atom. The predicted molar refractivity (Wildman–Crippen MR) is 64.5 cm³/mol. The van der Waals surface area contributed by atoms with Gasteiger partial charge in [0.2, 0.25) is 0 Å². The zero-order valence-electron chi connectivity index (χ0n) is 10.4. The van der Waals surface area contributed by atoms with E-state index in [1.165, 1.54) is 7.11 Å². The summed E-state index contributed by atoms with van der Waals surface area (Å²) in [5.74, 6) is 0.386. The van der Waals surface area contributed by atoms with Gasteiger partial charge < -0.3 is 14.6 Å². The smallest absolute Gasteiger partial charge is 0.342 e. The molecule has 0 aliphatic carbocycles. The van der Waals surface area contributed by atoms with Crippen molar-refractivity contribution in [3.05, 3.63) is 29.3 Å². The molecule has 0 heterocycles. The Balaban J connectivity index is 2.96. The minimum absolute atomic E-state index is 0.00603. The average molecular weight is 238 g/mol. The molecule has 0 fully saturated rings. The Labute approximate surface area is 101 Å². The topological polar surface area (TPSA) is 55.8 Å². The lowest BCUT2D eigenvalue weighted by Gasteiger charge is -2.11. The van der Waals surface area contributed by atoms with Crippen molar-refractivity contribution in [1.82, 2.24) is 0 Å². The van der Waals surface area contributed by atoms with E-state index in [0.29, 0.717) is 17.2 Å². The summed E-state index contributed by atoms with van der Waals surface area (Å²) in [6.45, 7) is 3.95. The Morgan fingerprint density at radius 3 is 2.65 bits per heavy atom. The summed E-state index contributed by atoms with van der Waals surface area (Å²) in [5.41, 5.74) is 1.48. The summed E-state index contributed by atoms with van der Waals surface area (Å²) in [6, 6.07) is 5.40. The molecule has 17 heavy (non-hydrogen) atoms. The summed E-state index contributed by atoms with van der Waals surface area (Å²) in [5, 5.41) is 8.60. The van der Waals surface area contributed by atoms with Gasteiger partial charge in [-0.1, -0.05) is 19.9 Å². The predicted octanol–water partition coefficient (Wildman–Crippen LogP) is 1.97. The molecule has 0 amide bonds. The molecule has 0 atom stereocenters. The van der Waals surface area contributed by atoms with E-state index in [0.717, 1.165) is 5.56 Å². The number of esters is 1. The first-order valence-electron chi connectivity index (χ1n) is 5.56. The van der Waals surface area contributed by atoms with Crippen molar-refractivity contribution in [2.75, 3.05) is 20.3 Å². The highest BCUT2D eigenvalue weighted by atomic mass is 16.5. The molecule has 1 rings (SSSR count). The monoisotopic (exact) mass is 238 g/mol. The summed E-state index contributed by atoms with van der Waals surface area (Å²) < 4.78 is 10.0. The van der Waals surface area contributed by atoms with E-state index in [1.54, 1.807) is 6.07 Å². The number of aliphatic hydroxyl groups excluding tert-OH is 1. The van der Waals surface area contributed by atoms with Crippen molar-refractivity contribution in [3.8, 4) is 5.75 Å². The molecule has 0 bridgehead atoms. The van der Waals surface area contributed by atoms with Gasteiger partial charge in [0.25, 0.3) is 0 Å². The number of aliphatic hydroxyl groups is 1. The van der Waals surface area contributed by atoms with Crippen LogP contribution in [0.2, 0.25) is 0 Å². The molecule has 0 saturated heterocycles. The van der Waals surface area contributed by atoms with Crippen molar-refractivity contribution >= 4 is 5.97 Å². The van der Waals surface area contributed by atoms with Crippen LogP contribution in [-0.2, 0) is 4.74 Å². The van der Waals surface area contributed by atoms with Gasteiger partial charge in [0.05, 0.1) is 13.7 Å². The van der Waals surface area contributed by atoms with Gasteiger partial charge in [0.15, 0.2) is 0 Å². The van der Waals surface area contributed by atoms with E-state index in [9.17, 15) is 4.79 Å². The third-order valence-corrected chi connectivity index (χ3v) is 2.44. The van der Waals surface area contributed by atoms with Crippen LogP contribution in [0.5, 0.6) is 5.75 Å². The van der Waals surface area contributed by atoms with Crippen LogP contribution in [0.1, 0.15) is 35.7 Å². The van der Waals surface area contributed by atoms with E-state index in [2.05, 4.69) is 13.8 Å². The highest BCUT2D eigenvalue weighted by Gasteiger charge is 2.14. The second-order valence-corrected chi connectivity index (χ2v) is 3.97. The van der Waals surface area contributed by atoms with Crippen LogP contribution in [0, 0.1) is 0 Å². The van der Waals surface area contributed by atoms with Crippen LogP contribution in [-0.4, -0.2) is 31.4 Å². The Kier molecular flexibility index (Phi) is 4.97. The molecule has 0 unspecified atom stereocenters. The molecule has 4 nitrogen and oxygen atoms in total. The number of hydrogen-bond acceptors (Lipinski definition) is 4. The molecule has 1 aromatic rings. The van der Waals surface area contributed by atoms with Crippen LogP contribution < -0.4 is 4.74 Å². The van der Waals surface area contributed by atoms with Gasteiger partial charge in [-0.25, -0.2) is 4.79 Å². The molecule has 94 valence electrons. The van der Waals surface area contributed by atoms with Gasteiger partial charge in [-0.15, -0.1) is 0 Å². The van der Waals surface area contributed by atoms with E-state index >= 15 is 0 Å². The highest BCUT2D eigenvalue weighted by Crippen LogP contribution is 2.25. The number of methoxy groups -OCH3 is 1. The van der Waals surface area contributed by atoms with Crippen LogP contribution in [0.3, 0.4) is 0 Å². The molecule has 0 spiro atoms. The zero-order chi connectivity index (χ0) is 12.8. The summed E-state index contributed by atoms with van der Waals surface area (Å²) in [6.07, 6.45) is 0. The molecule has 0 aromatic heterocycles. The number of carbonyl (C=O) groups is 1. The maximum atomic E-state index is 11.7. The highest BCUT2D eigenvalue weighted by molar-refractivity contribution is 5.92. The van der Waals surface area contributed by atoms with Crippen LogP contribution in [0.4, 0.5) is 0 Å². The average Bonchev–Trinajstić information content (AvgIpc) is 2.34. The lowest BCUT2D eigenvalue weighted by molar-refractivity contribution is 0.0430. The van der Waals surface area contributed by atoms with Crippen LogP contribution in [0.25, 0.3) is 0 Å². The molecule has 0 radical (unpaired) electrons. The summed E-state index contributed by atoms with van der Waals surface area (Å²) in [4.78, 5) is 11.7. The van der Waals surface area contributed by atoms with Crippen LogP contribution in [0.15, 0.2) is 18.2 Å². The van der Waals surface area contributed by atoms with Crippen molar-refractivity contribution in [2.45, 2.75) is 19.8 Å². The van der Waals surface area contributed by atoms with Crippen molar-refractivity contribution in [2.24, 2.45) is 0 Å². The zero-order valence-corrected chi connectivity index (χ0v) is 10.4. The van der Waals surface area contributed by atoms with Gasteiger partial charge >= 0.3 is 5.97 Å². The van der Waals surface area contributed by atoms with E-state index in [1.807, 2.05) is 12.1 Å². The fourth-order valence-corrected chi connectivity index (χ4v) is 1.45. The quantitative estimate of drug-likeness (QED) is 0.797. The van der Waals surface area contributed by atoms with E-state index < -0.39 is 5.97 Å². The summed E-state index contributed by atoms with van der Waals surface area (Å²) >= 11 is 0. The van der Waals surface area contributed by atoms with Gasteiger partial charge in [0, 0.05) is 0 Å². The first kappa shape index (κ1) is 13.5. The number of carbonyl (C=O) groups excluding carboxylic acids is 1. The maximum Gasteiger partial charge on any atom is 0.342 e. The molecule has 0 aliphatic rings. The second-order valence-electron chi connectivity index (χ2n) is 3.97. The normalized spacial score (nSPS) is 10.4. The third-order valence-electron chi connectivity index (χ3n) is 2.44. The first-order chi connectivity index (χ1) is 8.10. The number of rotatable bonds is 5. The Hall–Kier alpha value is -1.55. The van der Waals surface area contributed by atoms with Gasteiger partial charge in [0.1, 0.15) is 17.9 Å². The van der Waals surface area contributed by atoms with E-state index in [4.69, 9.17) is 14.6 Å². The number of ether oxygens (including phenoxy) is 2. The van der Waals surface area contributed by atoms with Gasteiger partial charge in [-0.2, -0.15) is 0 Å². The fraction of sp³-hybridized carbons (Fsp3) is 0.462. The maximum absolute atomic E-state index is 11.7. The Bertz CT molecular complexity index is 385. The van der Waals surface area contributed by atoms with Crippen molar-refractivity contribution < 1.29 is 19.4 Å². The van der Waals surface area contributed by atoms with E-state index in [-0.39, 0.29) is 13.2 Å². The standard InChI is InChI=1S/C13H18O4/c1-9(2)10-4-5-11(12(8-10)16-3)13(15)17-7-6-14/h4-5,8-9,14H,6-7H2,1-3H3. The molecule has 0 saturated carbocycles. The Morgan fingerprint density at radius 2 is 2.12 bits per heavy atom. The summed E-state index contributed by atoms with van der Waals surface area (Å²) in [7, 11) is 1.52. The molecular formula is C13H18O4. The lowest BCUT2D eigenvalue weighted by Crippen LogP contribution is -2.10. The molecular weight excluding hydrogens is 220 g/mol. The molecule has 4 heteroatoms. The number of hydrogen-bond donors (Lipinski definition) is 1. The fourth-order valence-electron chi connectivity index (χ4n) is 1.45. The minimum Gasteiger partial charge on any atom is -0.496 e. The van der Waals surface area contributed by atoms with Crippen molar-refractivity contribution in [3.63, 3.8) is 0 Å².